The second-order valence-corrected chi connectivity index (χ2v) is 7.24. The third-order valence-electron chi connectivity index (χ3n) is 2.93. The lowest BCUT2D eigenvalue weighted by atomic mass is 9.87. The molecule has 1 aliphatic heterocycles. The molecular weight excluding hydrogens is 196 g/mol. The van der Waals surface area contributed by atoms with Gasteiger partial charge in [-0.15, -0.1) is 23.5 Å². The van der Waals surface area contributed by atoms with E-state index in [0.717, 1.165) is 4.58 Å². The summed E-state index contributed by atoms with van der Waals surface area (Å²) in [6, 6.07) is 0. The normalized spacial score (nSPS) is 35.5. The Kier molecular flexibility index (Phi) is 3.31. The van der Waals surface area contributed by atoms with Gasteiger partial charge >= 0.3 is 0 Å². The third-order valence-corrected chi connectivity index (χ3v) is 5.87. The smallest absolute Gasteiger partial charge is 0.0510 e. The van der Waals surface area contributed by atoms with E-state index in [1.54, 1.807) is 0 Å². The number of rotatable bonds is 2. The van der Waals surface area contributed by atoms with Gasteiger partial charge < -0.3 is 0 Å². The molecule has 74 valence electrons. The van der Waals surface area contributed by atoms with Crippen molar-refractivity contribution in [2.45, 2.75) is 37.2 Å². The van der Waals surface area contributed by atoms with Gasteiger partial charge in [0.2, 0.25) is 0 Å². The molecule has 0 spiro atoms. The van der Waals surface area contributed by atoms with Crippen LogP contribution in [0.2, 0.25) is 0 Å². The molecule has 0 aromatic carbocycles. The van der Waals surface area contributed by atoms with Gasteiger partial charge in [0.15, 0.2) is 0 Å². The molecule has 0 N–H and O–H groups in total. The summed E-state index contributed by atoms with van der Waals surface area (Å²) in [6.45, 7) is 2.42. The van der Waals surface area contributed by atoms with Crippen molar-refractivity contribution in [1.82, 2.24) is 0 Å². The van der Waals surface area contributed by atoms with Crippen LogP contribution in [0.5, 0.6) is 0 Å². The summed E-state index contributed by atoms with van der Waals surface area (Å²) in [5.41, 5.74) is 0.530. The summed E-state index contributed by atoms with van der Waals surface area (Å²) < 4.78 is 0.876. The minimum Gasteiger partial charge on any atom is -0.148 e. The van der Waals surface area contributed by atoms with Crippen molar-refractivity contribution in [3.8, 4) is 0 Å². The first-order chi connectivity index (χ1) is 6.29. The molecule has 0 unspecified atom stereocenters. The van der Waals surface area contributed by atoms with E-state index in [9.17, 15) is 0 Å². The average Bonchev–Trinajstić information content (AvgIpc) is 2.54. The maximum atomic E-state index is 2.45. The molecule has 2 rings (SSSR count). The van der Waals surface area contributed by atoms with E-state index in [-0.39, 0.29) is 0 Å². The lowest BCUT2D eigenvalue weighted by molar-refractivity contribution is 0.401. The molecule has 2 aliphatic rings. The maximum Gasteiger partial charge on any atom is 0.0510 e. The van der Waals surface area contributed by atoms with Crippen LogP contribution in [-0.2, 0) is 0 Å². The molecule has 0 aromatic rings. The first kappa shape index (κ1) is 9.97. The van der Waals surface area contributed by atoms with Crippen LogP contribution in [0.25, 0.3) is 0 Å². The zero-order valence-electron chi connectivity index (χ0n) is 8.29. The predicted molar refractivity (Wildman–Crippen MR) is 64.4 cm³/mol. The summed E-state index contributed by atoms with van der Waals surface area (Å²) in [6.07, 6.45) is 10.3. The number of thioether (sulfide) groups is 2. The van der Waals surface area contributed by atoms with Crippen molar-refractivity contribution in [3.63, 3.8) is 0 Å². The number of hydrogen-bond acceptors (Lipinski definition) is 2. The van der Waals surface area contributed by atoms with Gasteiger partial charge in [-0.2, -0.15) is 0 Å². The first-order valence-corrected chi connectivity index (χ1v) is 7.29. The zero-order valence-corrected chi connectivity index (χ0v) is 9.92. The SMILES string of the molecule is C[C@@]1(CC2SCCCS2)C=CCC1. The molecule has 0 bridgehead atoms. The summed E-state index contributed by atoms with van der Waals surface area (Å²) in [4.78, 5) is 0. The number of hydrogen-bond donors (Lipinski definition) is 0. The Balaban J connectivity index is 1.85. The Morgan fingerprint density at radius 1 is 1.38 bits per heavy atom. The van der Waals surface area contributed by atoms with E-state index in [1.807, 2.05) is 0 Å². The lowest BCUT2D eigenvalue weighted by Gasteiger charge is -2.29. The minimum atomic E-state index is 0.530. The van der Waals surface area contributed by atoms with Crippen LogP contribution >= 0.6 is 23.5 Å². The Morgan fingerprint density at radius 2 is 2.15 bits per heavy atom. The third kappa shape index (κ3) is 2.69. The Bertz CT molecular complexity index is 194. The molecule has 0 aromatic heterocycles. The average molecular weight is 214 g/mol. The van der Waals surface area contributed by atoms with Crippen LogP contribution in [0.1, 0.15) is 32.6 Å². The molecule has 0 radical (unpaired) electrons. The van der Waals surface area contributed by atoms with Crippen molar-refractivity contribution in [3.05, 3.63) is 12.2 Å². The molecule has 0 saturated carbocycles. The van der Waals surface area contributed by atoms with Crippen molar-refractivity contribution < 1.29 is 0 Å². The fourth-order valence-corrected chi connectivity index (χ4v) is 5.36. The summed E-state index contributed by atoms with van der Waals surface area (Å²) in [5, 5.41) is 0. The Hall–Kier alpha value is 0.440. The van der Waals surface area contributed by atoms with E-state index in [1.165, 1.54) is 37.2 Å². The molecule has 0 nitrogen and oxygen atoms in total. The molecule has 1 saturated heterocycles. The van der Waals surface area contributed by atoms with Gasteiger partial charge in [-0.3, -0.25) is 0 Å². The van der Waals surface area contributed by atoms with Crippen LogP contribution < -0.4 is 0 Å². The highest BCUT2D eigenvalue weighted by molar-refractivity contribution is 8.17. The minimum absolute atomic E-state index is 0.530. The second kappa shape index (κ2) is 4.31. The number of allylic oxidation sites excluding steroid dienone is 2. The quantitative estimate of drug-likeness (QED) is 0.639. The van der Waals surface area contributed by atoms with Gasteiger partial charge in [-0.05, 0) is 42.6 Å². The monoisotopic (exact) mass is 214 g/mol. The summed E-state index contributed by atoms with van der Waals surface area (Å²) in [7, 11) is 0. The van der Waals surface area contributed by atoms with Crippen LogP contribution in [0, 0.1) is 5.41 Å². The topological polar surface area (TPSA) is 0 Å². The Morgan fingerprint density at radius 3 is 2.77 bits per heavy atom. The molecule has 1 heterocycles. The van der Waals surface area contributed by atoms with Crippen LogP contribution in [0.3, 0.4) is 0 Å². The molecule has 1 aliphatic carbocycles. The summed E-state index contributed by atoms with van der Waals surface area (Å²) >= 11 is 4.36. The predicted octanol–water partition coefficient (Wildman–Crippen LogP) is 3.93. The van der Waals surface area contributed by atoms with E-state index in [4.69, 9.17) is 0 Å². The molecule has 1 fully saturated rings. The van der Waals surface area contributed by atoms with Gasteiger partial charge in [0.25, 0.3) is 0 Å². The molecule has 1 atom stereocenters. The fourth-order valence-electron chi connectivity index (χ4n) is 2.07. The highest BCUT2D eigenvalue weighted by Gasteiger charge is 2.29. The van der Waals surface area contributed by atoms with Crippen molar-refractivity contribution in [2.75, 3.05) is 11.5 Å². The van der Waals surface area contributed by atoms with Gasteiger partial charge in [-0.1, -0.05) is 19.1 Å². The van der Waals surface area contributed by atoms with Gasteiger partial charge in [-0.25, -0.2) is 0 Å². The highest BCUT2D eigenvalue weighted by Crippen LogP contribution is 2.43. The maximum absolute atomic E-state index is 2.45. The van der Waals surface area contributed by atoms with E-state index in [2.05, 4.69) is 42.6 Å². The Labute approximate surface area is 89.9 Å². The molecule has 13 heavy (non-hydrogen) atoms. The van der Waals surface area contributed by atoms with Crippen LogP contribution in [0.15, 0.2) is 12.2 Å². The van der Waals surface area contributed by atoms with E-state index < -0.39 is 0 Å². The highest BCUT2D eigenvalue weighted by atomic mass is 32.2. The van der Waals surface area contributed by atoms with Crippen molar-refractivity contribution >= 4 is 23.5 Å². The molecule has 0 amide bonds. The zero-order chi connectivity index (χ0) is 9.15. The fraction of sp³-hybridized carbons (Fsp3) is 0.818. The van der Waals surface area contributed by atoms with E-state index in [0.29, 0.717) is 5.41 Å². The summed E-state index contributed by atoms with van der Waals surface area (Å²) in [5.74, 6) is 2.77. The first-order valence-electron chi connectivity index (χ1n) is 5.19. The van der Waals surface area contributed by atoms with Gasteiger partial charge in [0, 0.05) is 0 Å². The second-order valence-electron chi connectivity index (χ2n) is 4.32. The van der Waals surface area contributed by atoms with Gasteiger partial charge in [0.1, 0.15) is 0 Å². The van der Waals surface area contributed by atoms with E-state index >= 15 is 0 Å². The molecular formula is C11H18S2. The van der Waals surface area contributed by atoms with Gasteiger partial charge in [0.05, 0.1) is 4.58 Å². The standard InChI is InChI=1S/C11H18S2/c1-11(5-2-3-6-11)9-10-12-7-4-8-13-10/h2,5,10H,3-4,6-9H2,1H3/t11-/m1/s1. The van der Waals surface area contributed by atoms with Crippen LogP contribution in [0.4, 0.5) is 0 Å². The molecule has 2 heteroatoms. The van der Waals surface area contributed by atoms with Crippen LogP contribution in [-0.4, -0.2) is 16.1 Å². The van der Waals surface area contributed by atoms with Crippen molar-refractivity contribution in [1.29, 1.82) is 0 Å². The largest absolute Gasteiger partial charge is 0.148 e. The van der Waals surface area contributed by atoms with Crippen molar-refractivity contribution in [2.24, 2.45) is 5.41 Å². The lowest BCUT2D eigenvalue weighted by Crippen LogP contribution is -2.18.